The van der Waals surface area contributed by atoms with Crippen LogP contribution in [0.15, 0.2) is 0 Å². The number of hydrogen-bond donors (Lipinski definition) is 2. The summed E-state index contributed by atoms with van der Waals surface area (Å²) < 4.78 is 15.1. The average molecular weight is 342 g/mol. The van der Waals surface area contributed by atoms with Crippen molar-refractivity contribution >= 4 is 5.96 Å². The quantitative estimate of drug-likeness (QED) is 0.536. The molecule has 0 saturated carbocycles. The van der Waals surface area contributed by atoms with Crippen molar-refractivity contribution in [1.29, 1.82) is 0 Å². The molecule has 3 fully saturated rings. The van der Waals surface area contributed by atoms with E-state index in [2.05, 4.69) is 15.2 Å². The number of guanidine groups is 1. The smallest absolute Gasteiger partial charge is 0.350 e. The Hall–Kier alpha value is -0.520. The van der Waals surface area contributed by atoms with Crippen molar-refractivity contribution in [2.45, 2.75) is 87.7 Å². The third kappa shape index (κ3) is 2.56. The normalized spacial score (nSPS) is 45.2. The maximum atomic E-state index is 6.24. The molecule has 5 heterocycles. The fourth-order valence-electron chi connectivity index (χ4n) is 5.41. The van der Waals surface area contributed by atoms with E-state index in [9.17, 15) is 0 Å². The van der Waals surface area contributed by atoms with Crippen molar-refractivity contribution in [3.63, 3.8) is 0 Å². The van der Waals surface area contributed by atoms with Gasteiger partial charge in [0.2, 0.25) is 0 Å². The summed E-state index contributed by atoms with van der Waals surface area (Å²) in [6.07, 6.45) is 12.1. The van der Waals surface area contributed by atoms with Gasteiger partial charge in [-0.3, -0.25) is 4.58 Å². The summed E-state index contributed by atoms with van der Waals surface area (Å²) in [4.78, 5) is 0. The largest absolute Gasteiger partial charge is 1.00 e. The standard InChI is InChI=1S/C17H27N3O2.ClH/c1-3-9-21-16(7-1)11-13-5-6-14-12-17(8-2-4-10-22-17)19-15(18-16)20(13)14;/h13-14H,1-12H2,(H,18,19);1H/t13-,14+,16-,17+;. The lowest BCUT2D eigenvalue weighted by Gasteiger charge is -2.47. The van der Waals surface area contributed by atoms with Crippen molar-refractivity contribution in [2.24, 2.45) is 0 Å². The molecule has 2 spiro atoms. The zero-order valence-electron chi connectivity index (χ0n) is 13.8. The van der Waals surface area contributed by atoms with E-state index in [4.69, 9.17) is 9.47 Å². The van der Waals surface area contributed by atoms with Gasteiger partial charge in [0.05, 0.1) is 25.3 Å². The maximum absolute atomic E-state index is 6.24. The van der Waals surface area contributed by atoms with Gasteiger partial charge in [0.15, 0.2) is 11.4 Å². The molecule has 5 aliphatic heterocycles. The number of ether oxygens (including phenoxy) is 2. The van der Waals surface area contributed by atoms with Gasteiger partial charge >= 0.3 is 5.96 Å². The summed E-state index contributed by atoms with van der Waals surface area (Å²) >= 11 is 0. The molecule has 5 aliphatic rings. The van der Waals surface area contributed by atoms with Gasteiger partial charge in [0, 0.05) is 25.7 Å². The molecule has 2 N–H and O–H groups in total. The molecule has 130 valence electrons. The molecule has 0 amide bonds. The molecular weight excluding hydrogens is 314 g/mol. The molecule has 0 bridgehead atoms. The predicted molar refractivity (Wildman–Crippen MR) is 82.7 cm³/mol. The van der Waals surface area contributed by atoms with E-state index in [1.807, 2.05) is 0 Å². The van der Waals surface area contributed by atoms with Crippen LogP contribution in [0.2, 0.25) is 0 Å². The lowest BCUT2D eigenvalue weighted by molar-refractivity contribution is -0.602. The van der Waals surface area contributed by atoms with Crippen LogP contribution in [0.1, 0.15) is 64.2 Å². The average Bonchev–Trinajstić information content (AvgIpc) is 2.91. The molecule has 0 radical (unpaired) electrons. The molecule has 4 atom stereocenters. The van der Waals surface area contributed by atoms with E-state index in [-0.39, 0.29) is 23.9 Å². The Morgan fingerprint density at radius 1 is 0.826 bits per heavy atom. The van der Waals surface area contributed by atoms with Gasteiger partial charge in [0.25, 0.3) is 0 Å². The Labute approximate surface area is 144 Å². The van der Waals surface area contributed by atoms with Crippen LogP contribution in [-0.4, -0.2) is 47.3 Å². The van der Waals surface area contributed by atoms with Crippen LogP contribution in [0, 0.1) is 0 Å². The highest BCUT2D eigenvalue weighted by Gasteiger charge is 2.56. The Balaban J connectivity index is 0.00000135. The van der Waals surface area contributed by atoms with Crippen LogP contribution >= 0.6 is 0 Å². The fraction of sp³-hybridized carbons (Fsp3) is 0.941. The second-order valence-electron chi connectivity index (χ2n) is 7.90. The third-order valence-electron chi connectivity index (χ3n) is 6.41. The van der Waals surface area contributed by atoms with Crippen molar-refractivity contribution in [2.75, 3.05) is 13.2 Å². The van der Waals surface area contributed by atoms with Gasteiger partial charge in [-0.05, 0) is 38.5 Å². The molecule has 0 aromatic carbocycles. The molecule has 0 unspecified atom stereocenters. The van der Waals surface area contributed by atoms with Gasteiger partial charge in [-0.1, -0.05) is 0 Å². The van der Waals surface area contributed by atoms with Gasteiger partial charge in [0.1, 0.15) is 0 Å². The van der Waals surface area contributed by atoms with E-state index >= 15 is 0 Å². The van der Waals surface area contributed by atoms with E-state index in [0.29, 0.717) is 12.1 Å². The predicted octanol–water partition coefficient (Wildman–Crippen LogP) is -1.33. The highest BCUT2D eigenvalue weighted by molar-refractivity contribution is 5.77. The molecule has 0 aromatic heterocycles. The first-order valence-electron chi connectivity index (χ1n) is 9.27. The minimum absolute atomic E-state index is 0. The Morgan fingerprint density at radius 3 is 1.78 bits per heavy atom. The molecule has 3 saturated heterocycles. The molecule has 5 rings (SSSR count). The first-order chi connectivity index (χ1) is 10.8. The van der Waals surface area contributed by atoms with Crippen molar-refractivity contribution in [3.8, 4) is 0 Å². The van der Waals surface area contributed by atoms with Gasteiger partial charge in [-0.15, -0.1) is 0 Å². The van der Waals surface area contributed by atoms with Crippen molar-refractivity contribution < 1.29 is 26.5 Å². The fourth-order valence-corrected chi connectivity index (χ4v) is 5.41. The van der Waals surface area contributed by atoms with Gasteiger partial charge < -0.3 is 21.9 Å². The van der Waals surface area contributed by atoms with Crippen LogP contribution in [0.25, 0.3) is 0 Å². The van der Waals surface area contributed by atoms with Crippen LogP contribution in [0.5, 0.6) is 0 Å². The van der Waals surface area contributed by atoms with Gasteiger partial charge in [-0.2, -0.15) is 0 Å². The van der Waals surface area contributed by atoms with Crippen molar-refractivity contribution in [3.05, 3.63) is 0 Å². The lowest BCUT2D eigenvalue weighted by Crippen LogP contribution is -3.00. The van der Waals surface area contributed by atoms with E-state index in [0.717, 1.165) is 38.9 Å². The Morgan fingerprint density at radius 2 is 1.35 bits per heavy atom. The number of hydrogen-bond acceptors (Lipinski definition) is 4. The second-order valence-corrected chi connectivity index (χ2v) is 7.90. The summed E-state index contributed by atoms with van der Waals surface area (Å²) in [5.41, 5.74) is -0.242. The van der Waals surface area contributed by atoms with Gasteiger partial charge in [-0.25, -0.2) is 10.6 Å². The summed E-state index contributed by atoms with van der Waals surface area (Å²) in [5, 5.41) is 7.54. The minimum atomic E-state index is -0.121. The van der Waals surface area contributed by atoms with E-state index in [1.165, 1.54) is 44.5 Å². The first-order valence-corrected chi connectivity index (χ1v) is 9.27. The molecule has 0 aromatic rings. The highest BCUT2D eigenvalue weighted by atomic mass is 35.5. The number of halogens is 1. The molecule has 6 heteroatoms. The van der Waals surface area contributed by atoms with Crippen LogP contribution in [0.4, 0.5) is 0 Å². The number of rotatable bonds is 0. The Kier molecular flexibility index (Phi) is 4.01. The zero-order valence-corrected chi connectivity index (χ0v) is 14.5. The van der Waals surface area contributed by atoms with Crippen LogP contribution < -0.4 is 23.0 Å². The van der Waals surface area contributed by atoms with Crippen molar-refractivity contribution in [1.82, 2.24) is 10.6 Å². The summed E-state index contributed by atoms with van der Waals surface area (Å²) in [5.74, 6) is 1.20. The SMILES string of the molecule is C1CC[C@@]2(C[C@@H]3CC[C@@H]4C[C@]5(CCCCO5)NC(=[N+]43)N2)OC1.[Cl-]. The third-order valence-corrected chi connectivity index (χ3v) is 6.41. The molecular formula is C17H28ClN3O2. The molecule has 5 nitrogen and oxygen atoms in total. The highest BCUT2D eigenvalue weighted by Crippen LogP contribution is 2.41. The van der Waals surface area contributed by atoms with E-state index in [1.54, 1.807) is 0 Å². The van der Waals surface area contributed by atoms with Crippen LogP contribution in [0.3, 0.4) is 0 Å². The lowest BCUT2D eigenvalue weighted by atomic mass is 9.91. The summed E-state index contributed by atoms with van der Waals surface area (Å²) in [6.45, 7) is 1.80. The summed E-state index contributed by atoms with van der Waals surface area (Å²) in [6, 6.07) is 1.29. The van der Waals surface area contributed by atoms with E-state index < -0.39 is 0 Å². The molecule has 23 heavy (non-hydrogen) atoms. The summed E-state index contributed by atoms with van der Waals surface area (Å²) in [7, 11) is 0. The maximum Gasteiger partial charge on any atom is 0.350 e. The van der Waals surface area contributed by atoms with Crippen LogP contribution in [-0.2, 0) is 9.47 Å². The topological polar surface area (TPSA) is 45.5 Å². The molecule has 0 aliphatic carbocycles. The number of nitrogens with one attached hydrogen (secondary N) is 2. The second kappa shape index (κ2) is 5.78. The monoisotopic (exact) mass is 341 g/mol. The Bertz CT molecular complexity index is 456. The first kappa shape index (κ1) is 16.0. The number of nitrogens with zero attached hydrogens (tertiary/aromatic N) is 1. The zero-order chi connectivity index (χ0) is 14.6. The minimum Gasteiger partial charge on any atom is -1.00 e.